The van der Waals surface area contributed by atoms with Gasteiger partial charge in [-0.05, 0) is 18.8 Å². The Morgan fingerprint density at radius 1 is 1.60 bits per heavy atom. The number of hydrogen-bond donors (Lipinski definition) is 0. The lowest BCUT2D eigenvalue weighted by molar-refractivity contribution is -0.122. The molecule has 10 heavy (non-hydrogen) atoms. The molecule has 1 saturated carbocycles. The summed E-state index contributed by atoms with van der Waals surface area (Å²) >= 11 is 0. The first kappa shape index (κ1) is 7.52. The minimum absolute atomic E-state index is 0.0260. The molecule has 0 heterocycles. The van der Waals surface area contributed by atoms with Gasteiger partial charge in [0.1, 0.15) is 6.29 Å². The zero-order valence-electron chi connectivity index (χ0n) is 6.47. The monoisotopic (exact) mass is 138 g/mol. The van der Waals surface area contributed by atoms with Gasteiger partial charge in [-0.25, -0.2) is 0 Å². The van der Waals surface area contributed by atoms with Crippen LogP contribution in [0.1, 0.15) is 26.2 Å². The van der Waals surface area contributed by atoms with Crippen molar-refractivity contribution in [2.45, 2.75) is 26.2 Å². The Labute approximate surface area is 62.1 Å². The van der Waals surface area contributed by atoms with Crippen molar-refractivity contribution in [1.82, 2.24) is 0 Å². The smallest absolute Gasteiger partial charge is 0.126 e. The van der Waals surface area contributed by atoms with Crippen LogP contribution in [0.25, 0.3) is 0 Å². The molecule has 1 nitrogen and oxygen atoms in total. The van der Waals surface area contributed by atoms with Gasteiger partial charge in [-0.1, -0.05) is 19.4 Å². The molecular weight excluding hydrogens is 124 g/mol. The summed E-state index contributed by atoms with van der Waals surface area (Å²) in [6.07, 6.45) is 6.32. The summed E-state index contributed by atoms with van der Waals surface area (Å²) in [5.74, 6) is 0.360. The van der Waals surface area contributed by atoms with E-state index in [0.717, 1.165) is 19.1 Å². The van der Waals surface area contributed by atoms with Gasteiger partial charge in [-0.3, -0.25) is 0 Å². The molecule has 0 amide bonds. The van der Waals surface area contributed by atoms with E-state index in [4.69, 9.17) is 0 Å². The third-order valence-corrected chi connectivity index (χ3v) is 2.78. The van der Waals surface area contributed by atoms with E-state index in [-0.39, 0.29) is 5.41 Å². The highest BCUT2D eigenvalue weighted by Crippen LogP contribution is 2.45. The summed E-state index contributed by atoms with van der Waals surface area (Å²) in [5.41, 5.74) is -0.0260. The topological polar surface area (TPSA) is 17.1 Å². The van der Waals surface area contributed by atoms with Gasteiger partial charge in [-0.2, -0.15) is 0 Å². The predicted molar refractivity (Wildman–Crippen MR) is 41.7 cm³/mol. The Hall–Kier alpha value is -0.590. The summed E-state index contributed by atoms with van der Waals surface area (Å²) in [4.78, 5) is 10.7. The average molecular weight is 138 g/mol. The molecule has 0 aromatic heterocycles. The first-order valence-corrected chi connectivity index (χ1v) is 3.84. The lowest BCUT2D eigenvalue weighted by Crippen LogP contribution is -2.36. The second-order valence-corrected chi connectivity index (χ2v) is 3.23. The number of allylic oxidation sites excluding steroid dienone is 1. The predicted octanol–water partition coefficient (Wildman–Crippen LogP) is 2.18. The van der Waals surface area contributed by atoms with Gasteiger partial charge in [0.25, 0.3) is 0 Å². The van der Waals surface area contributed by atoms with Gasteiger partial charge in [-0.15, -0.1) is 6.58 Å². The molecule has 0 aromatic carbocycles. The summed E-state index contributed by atoms with van der Waals surface area (Å²) in [7, 11) is 0. The minimum Gasteiger partial charge on any atom is -0.303 e. The maximum Gasteiger partial charge on any atom is 0.126 e. The molecule has 0 saturated heterocycles. The average Bonchev–Trinajstić information content (AvgIpc) is 1.86. The molecule has 0 spiro atoms. The second-order valence-electron chi connectivity index (χ2n) is 3.23. The van der Waals surface area contributed by atoms with E-state index >= 15 is 0 Å². The third-order valence-electron chi connectivity index (χ3n) is 2.78. The number of aldehydes is 1. The van der Waals surface area contributed by atoms with Crippen LogP contribution < -0.4 is 0 Å². The van der Waals surface area contributed by atoms with Crippen molar-refractivity contribution in [1.29, 1.82) is 0 Å². The van der Waals surface area contributed by atoms with E-state index in [1.54, 1.807) is 0 Å². The van der Waals surface area contributed by atoms with Gasteiger partial charge >= 0.3 is 0 Å². The Morgan fingerprint density at radius 2 is 2.20 bits per heavy atom. The normalized spacial score (nSPS) is 24.5. The molecule has 1 unspecified atom stereocenters. The molecule has 0 aliphatic heterocycles. The van der Waals surface area contributed by atoms with Crippen molar-refractivity contribution in [2.75, 3.05) is 0 Å². The SMILES string of the molecule is C=CC(C)C1(C=O)CCC1. The Kier molecular flexibility index (Phi) is 1.93. The molecule has 1 atom stereocenters. The fraction of sp³-hybridized carbons (Fsp3) is 0.667. The fourth-order valence-electron chi connectivity index (χ4n) is 1.50. The Morgan fingerprint density at radius 3 is 2.30 bits per heavy atom. The van der Waals surface area contributed by atoms with E-state index in [1.165, 1.54) is 6.42 Å². The van der Waals surface area contributed by atoms with Gasteiger partial charge in [0.05, 0.1) is 0 Å². The summed E-state index contributed by atoms with van der Waals surface area (Å²) in [5, 5.41) is 0. The largest absolute Gasteiger partial charge is 0.303 e. The van der Waals surface area contributed by atoms with Crippen LogP contribution in [-0.2, 0) is 4.79 Å². The quantitative estimate of drug-likeness (QED) is 0.431. The molecule has 56 valence electrons. The highest BCUT2D eigenvalue weighted by Gasteiger charge is 2.40. The molecule has 1 heteroatoms. The van der Waals surface area contributed by atoms with Crippen LogP contribution in [0.3, 0.4) is 0 Å². The third kappa shape index (κ3) is 0.898. The van der Waals surface area contributed by atoms with Crippen molar-refractivity contribution < 1.29 is 4.79 Å². The molecule has 0 radical (unpaired) electrons. The molecule has 1 aliphatic carbocycles. The molecule has 1 fully saturated rings. The summed E-state index contributed by atoms with van der Waals surface area (Å²) in [6, 6.07) is 0. The van der Waals surface area contributed by atoms with Crippen molar-refractivity contribution in [3.8, 4) is 0 Å². The molecule has 1 aliphatic rings. The molecule has 0 bridgehead atoms. The van der Waals surface area contributed by atoms with E-state index < -0.39 is 0 Å². The summed E-state index contributed by atoms with van der Waals surface area (Å²) in [6.45, 7) is 5.77. The maximum atomic E-state index is 10.7. The van der Waals surface area contributed by atoms with Crippen molar-refractivity contribution in [3.05, 3.63) is 12.7 Å². The fourth-order valence-corrected chi connectivity index (χ4v) is 1.50. The van der Waals surface area contributed by atoms with Crippen LogP contribution in [0.15, 0.2) is 12.7 Å². The molecule has 0 N–H and O–H groups in total. The van der Waals surface area contributed by atoms with Crippen LogP contribution in [-0.4, -0.2) is 6.29 Å². The Bertz CT molecular complexity index is 145. The minimum atomic E-state index is -0.0260. The van der Waals surface area contributed by atoms with Crippen molar-refractivity contribution >= 4 is 6.29 Å². The Balaban J connectivity index is 2.63. The molecular formula is C9H14O. The number of carbonyl (C=O) groups is 1. The van der Waals surface area contributed by atoms with Crippen molar-refractivity contribution in [2.24, 2.45) is 11.3 Å². The second kappa shape index (κ2) is 2.57. The first-order chi connectivity index (χ1) is 4.75. The lowest BCUT2D eigenvalue weighted by Gasteiger charge is -2.40. The molecule has 1 rings (SSSR count). The number of rotatable bonds is 3. The van der Waals surface area contributed by atoms with E-state index in [1.807, 2.05) is 6.08 Å². The number of carbonyl (C=O) groups excluding carboxylic acids is 1. The van der Waals surface area contributed by atoms with Gasteiger partial charge < -0.3 is 4.79 Å². The van der Waals surface area contributed by atoms with Gasteiger partial charge in [0.2, 0.25) is 0 Å². The van der Waals surface area contributed by atoms with Gasteiger partial charge in [0, 0.05) is 5.41 Å². The standard InChI is InChI=1S/C9H14O/c1-3-8(2)9(7-10)5-4-6-9/h3,7-8H,1,4-6H2,2H3. The number of hydrogen-bond acceptors (Lipinski definition) is 1. The van der Waals surface area contributed by atoms with Crippen LogP contribution in [0, 0.1) is 11.3 Å². The highest BCUT2D eigenvalue weighted by molar-refractivity contribution is 5.61. The van der Waals surface area contributed by atoms with Crippen LogP contribution in [0.5, 0.6) is 0 Å². The van der Waals surface area contributed by atoms with Crippen LogP contribution >= 0.6 is 0 Å². The van der Waals surface area contributed by atoms with Crippen LogP contribution in [0.2, 0.25) is 0 Å². The molecule has 0 aromatic rings. The lowest BCUT2D eigenvalue weighted by atomic mass is 9.63. The zero-order valence-corrected chi connectivity index (χ0v) is 6.47. The summed E-state index contributed by atoms with van der Waals surface area (Å²) < 4.78 is 0. The maximum absolute atomic E-state index is 10.7. The first-order valence-electron chi connectivity index (χ1n) is 3.84. The van der Waals surface area contributed by atoms with E-state index in [2.05, 4.69) is 13.5 Å². The van der Waals surface area contributed by atoms with Crippen molar-refractivity contribution in [3.63, 3.8) is 0 Å². The van der Waals surface area contributed by atoms with Crippen LogP contribution in [0.4, 0.5) is 0 Å². The van der Waals surface area contributed by atoms with Gasteiger partial charge in [0.15, 0.2) is 0 Å². The van der Waals surface area contributed by atoms with E-state index in [0.29, 0.717) is 5.92 Å². The highest BCUT2D eigenvalue weighted by atomic mass is 16.1. The van der Waals surface area contributed by atoms with E-state index in [9.17, 15) is 4.79 Å². The zero-order chi connectivity index (χ0) is 7.61.